The van der Waals surface area contributed by atoms with Crippen LogP contribution in [-0.2, 0) is 9.53 Å². The molecule has 0 saturated heterocycles. The van der Waals surface area contributed by atoms with Crippen molar-refractivity contribution in [2.45, 2.75) is 39.3 Å². The molecule has 100 valence electrons. The van der Waals surface area contributed by atoms with Crippen LogP contribution < -0.4 is 10.6 Å². The van der Waals surface area contributed by atoms with Gasteiger partial charge in [-0.15, -0.1) is 0 Å². The lowest BCUT2D eigenvalue weighted by atomic mass is 10.1. The fraction of sp³-hybridized carbons (Fsp3) is 0.818. The van der Waals surface area contributed by atoms with E-state index in [2.05, 4.69) is 10.6 Å². The molecule has 0 spiro atoms. The molecule has 3 N–H and O–H groups in total. The second kappa shape index (κ2) is 7.89. The van der Waals surface area contributed by atoms with E-state index >= 15 is 0 Å². The minimum Gasteiger partial charge on any atom is -0.481 e. The largest absolute Gasteiger partial charge is 0.481 e. The number of amides is 2. The number of methoxy groups -OCH3 is 1. The molecular formula is C11H22N2O4. The van der Waals surface area contributed by atoms with E-state index in [9.17, 15) is 9.59 Å². The molecule has 2 atom stereocenters. The molecule has 6 nitrogen and oxygen atoms in total. The maximum Gasteiger partial charge on any atom is 0.315 e. The van der Waals surface area contributed by atoms with Crippen LogP contribution >= 0.6 is 0 Å². The van der Waals surface area contributed by atoms with Gasteiger partial charge in [-0.1, -0.05) is 13.8 Å². The Morgan fingerprint density at radius 1 is 1.29 bits per heavy atom. The Kier molecular flexibility index (Phi) is 7.29. The fourth-order valence-electron chi connectivity index (χ4n) is 1.06. The first-order valence-electron chi connectivity index (χ1n) is 5.65. The lowest BCUT2D eigenvalue weighted by molar-refractivity contribution is -0.139. The number of hydrogen-bond acceptors (Lipinski definition) is 3. The first-order valence-corrected chi connectivity index (χ1v) is 5.65. The molecule has 0 heterocycles. The van der Waals surface area contributed by atoms with Crippen LogP contribution in [0.25, 0.3) is 0 Å². The zero-order valence-corrected chi connectivity index (χ0v) is 10.8. The Bertz CT molecular complexity index is 256. The number of aliphatic carboxylic acids is 1. The van der Waals surface area contributed by atoms with E-state index in [4.69, 9.17) is 9.84 Å². The monoisotopic (exact) mass is 246 g/mol. The van der Waals surface area contributed by atoms with Gasteiger partial charge in [0.25, 0.3) is 0 Å². The molecule has 2 amide bonds. The summed E-state index contributed by atoms with van der Waals surface area (Å²) < 4.78 is 4.94. The first-order chi connectivity index (χ1) is 7.86. The molecule has 0 fully saturated rings. The van der Waals surface area contributed by atoms with Crippen molar-refractivity contribution in [3.63, 3.8) is 0 Å². The van der Waals surface area contributed by atoms with Gasteiger partial charge in [0.2, 0.25) is 0 Å². The number of urea groups is 1. The Morgan fingerprint density at radius 2 is 1.88 bits per heavy atom. The van der Waals surface area contributed by atoms with Gasteiger partial charge in [0, 0.05) is 19.7 Å². The van der Waals surface area contributed by atoms with Crippen LogP contribution in [0.5, 0.6) is 0 Å². The highest BCUT2D eigenvalue weighted by atomic mass is 16.5. The summed E-state index contributed by atoms with van der Waals surface area (Å²) in [5, 5.41) is 13.9. The molecule has 0 rings (SSSR count). The molecule has 0 aromatic carbocycles. The molecule has 0 aromatic heterocycles. The highest BCUT2D eigenvalue weighted by molar-refractivity contribution is 5.74. The van der Waals surface area contributed by atoms with Gasteiger partial charge in [-0.2, -0.15) is 0 Å². The number of carboxylic acids is 1. The lowest BCUT2D eigenvalue weighted by Gasteiger charge is -2.19. The van der Waals surface area contributed by atoms with Gasteiger partial charge >= 0.3 is 12.0 Å². The predicted octanol–water partition coefficient (Wildman–Crippen LogP) is 0.820. The highest BCUT2D eigenvalue weighted by Crippen LogP contribution is 1.99. The SMILES string of the molecule is COC(CNC(=O)NC(C)C(C)C)CC(=O)O. The second-order valence-corrected chi connectivity index (χ2v) is 4.34. The lowest BCUT2D eigenvalue weighted by Crippen LogP contribution is -2.45. The molecule has 0 aliphatic heterocycles. The smallest absolute Gasteiger partial charge is 0.315 e. The summed E-state index contributed by atoms with van der Waals surface area (Å²) in [6.07, 6.45) is -0.635. The van der Waals surface area contributed by atoms with Crippen molar-refractivity contribution in [3.8, 4) is 0 Å². The molecule has 0 radical (unpaired) electrons. The average molecular weight is 246 g/mol. The highest BCUT2D eigenvalue weighted by Gasteiger charge is 2.15. The van der Waals surface area contributed by atoms with Gasteiger partial charge in [-0.25, -0.2) is 4.79 Å². The Balaban J connectivity index is 3.92. The van der Waals surface area contributed by atoms with Crippen LogP contribution in [0.4, 0.5) is 4.79 Å². The Hall–Kier alpha value is -1.30. The van der Waals surface area contributed by atoms with Crippen molar-refractivity contribution >= 4 is 12.0 Å². The summed E-state index contributed by atoms with van der Waals surface area (Å²) in [7, 11) is 1.42. The molecule has 17 heavy (non-hydrogen) atoms. The third-order valence-corrected chi connectivity index (χ3v) is 2.58. The molecular weight excluding hydrogens is 224 g/mol. The van der Waals surface area contributed by atoms with E-state index in [1.807, 2.05) is 20.8 Å². The van der Waals surface area contributed by atoms with Crippen molar-refractivity contribution in [3.05, 3.63) is 0 Å². The quantitative estimate of drug-likeness (QED) is 0.620. The van der Waals surface area contributed by atoms with Gasteiger partial charge in [-0.05, 0) is 12.8 Å². The van der Waals surface area contributed by atoms with E-state index in [0.717, 1.165) is 0 Å². The number of rotatable bonds is 7. The van der Waals surface area contributed by atoms with Crippen molar-refractivity contribution in [1.29, 1.82) is 0 Å². The first kappa shape index (κ1) is 15.7. The number of carboxylic acid groups (broad SMARTS) is 1. The maximum atomic E-state index is 11.4. The molecule has 2 unspecified atom stereocenters. The van der Waals surface area contributed by atoms with Crippen molar-refractivity contribution < 1.29 is 19.4 Å². The third-order valence-electron chi connectivity index (χ3n) is 2.58. The van der Waals surface area contributed by atoms with E-state index in [0.29, 0.717) is 5.92 Å². The van der Waals surface area contributed by atoms with Crippen molar-refractivity contribution in [1.82, 2.24) is 10.6 Å². The summed E-state index contributed by atoms with van der Waals surface area (Å²) in [6.45, 7) is 6.11. The predicted molar refractivity (Wildman–Crippen MR) is 63.9 cm³/mol. The van der Waals surface area contributed by atoms with E-state index < -0.39 is 12.1 Å². The normalized spacial score (nSPS) is 14.2. The van der Waals surface area contributed by atoms with Gasteiger partial charge in [-0.3, -0.25) is 4.79 Å². The third kappa shape index (κ3) is 7.57. The molecule has 0 aliphatic carbocycles. The second-order valence-electron chi connectivity index (χ2n) is 4.34. The minimum absolute atomic E-state index is 0.0652. The van der Waals surface area contributed by atoms with Crippen LogP contribution in [0, 0.1) is 5.92 Å². The zero-order chi connectivity index (χ0) is 13.4. The number of carbonyl (C=O) groups is 2. The van der Waals surface area contributed by atoms with E-state index in [-0.39, 0.29) is 25.0 Å². The van der Waals surface area contributed by atoms with Crippen LogP contribution in [0.2, 0.25) is 0 Å². The number of hydrogen-bond donors (Lipinski definition) is 3. The maximum absolute atomic E-state index is 11.4. The zero-order valence-electron chi connectivity index (χ0n) is 10.8. The average Bonchev–Trinajstić information content (AvgIpc) is 2.23. The van der Waals surface area contributed by atoms with Gasteiger partial charge in [0.15, 0.2) is 0 Å². The van der Waals surface area contributed by atoms with Crippen LogP contribution in [0.1, 0.15) is 27.2 Å². The van der Waals surface area contributed by atoms with Gasteiger partial charge in [0.05, 0.1) is 12.5 Å². The Labute approximate surface area is 102 Å². The number of nitrogens with one attached hydrogen (secondary N) is 2. The van der Waals surface area contributed by atoms with Crippen molar-refractivity contribution in [2.24, 2.45) is 5.92 Å². The summed E-state index contributed by atoms with van der Waals surface area (Å²) >= 11 is 0. The molecule has 0 aliphatic rings. The summed E-state index contributed by atoms with van der Waals surface area (Å²) in [6, 6.07) is -0.242. The van der Waals surface area contributed by atoms with Gasteiger partial charge < -0.3 is 20.5 Å². The standard InChI is InChI=1S/C11H22N2O4/c1-7(2)8(3)13-11(16)12-6-9(17-4)5-10(14)15/h7-9H,5-6H2,1-4H3,(H,14,15)(H2,12,13,16). The number of ether oxygens (including phenoxy) is 1. The van der Waals surface area contributed by atoms with Crippen LogP contribution in [-0.4, -0.2) is 42.9 Å². The fourth-order valence-corrected chi connectivity index (χ4v) is 1.06. The minimum atomic E-state index is -0.949. The molecule has 0 bridgehead atoms. The Morgan fingerprint density at radius 3 is 2.29 bits per heavy atom. The summed E-state index contributed by atoms with van der Waals surface area (Å²) in [5.41, 5.74) is 0. The van der Waals surface area contributed by atoms with E-state index in [1.54, 1.807) is 0 Å². The summed E-state index contributed by atoms with van der Waals surface area (Å²) in [4.78, 5) is 21.9. The number of carbonyl (C=O) groups excluding carboxylic acids is 1. The molecule has 0 saturated carbocycles. The molecule has 0 aromatic rings. The van der Waals surface area contributed by atoms with Gasteiger partial charge in [0.1, 0.15) is 0 Å². The van der Waals surface area contributed by atoms with Crippen LogP contribution in [0.3, 0.4) is 0 Å². The molecule has 6 heteroatoms. The van der Waals surface area contributed by atoms with Crippen LogP contribution in [0.15, 0.2) is 0 Å². The summed E-state index contributed by atoms with van der Waals surface area (Å²) in [5.74, 6) is -0.604. The topological polar surface area (TPSA) is 87.7 Å². The van der Waals surface area contributed by atoms with Crippen molar-refractivity contribution in [2.75, 3.05) is 13.7 Å². The van der Waals surface area contributed by atoms with E-state index in [1.165, 1.54) is 7.11 Å².